The maximum Gasteiger partial charge on any atom is 0.408 e. The van der Waals surface area contributed by atoms with Crippen LogP contribution in [0.15, 0.2) is 22.1 Å². The molecule has 0 bridgehead atoms. The number of benzene rings is 1. The zero-order valence-corrected chi connectivity index (χ0v) is 15.7. The van der Waals surface area contributed by atoms with Crippen molar-refractivity contribution in [1.82, 2.24) is 5.32 Å². The van der Waals surface area contributed by atoms with E-state index in [1.54, 1.807) is 53.1 Å². The first-order chi connectivity index (χ1) is 12.2. The van der Waals surface area contributed by atoms with E-state index >= 15 is 0 Å². The summed E-state index contributed by atoms with van der Waals surface area (Å²) >= 11 is 0. The van der Waals surface area contributed by atoms with Crippen molar-refractivity contribution in [2.45, 2.75) is 39.3 Å². The van der Waals surface area contributed by atoms with Crippen LogP contribution in [0.4, 0.5) is 21.9 Å². The minimum atomic E-state index is -0.875. The van der Waals surface area contributed by atoms with Crippen LogP contribution in [-0.2, 0) is 9.53 Å². The molecule has 1 atom stereocenters. The maximum absolute atomic E-state index is 12.7. The van der Waals surface area contributed by atoms with Crippen molar-refractivity contribution in [2.24, 2.45) is 9.98 Å². The van der Waals surface area contributed by atoms with Crippen LogP contribution in [0.5, 0.6) is 5.75 Å². The van der Waals surface area contributed by atoms with Crippen molar-refractivity contribution in [2.75, 3.05) is 18.6 Å². The molecule has 0 unspecified atom stereocenters. The van der Waals surface area contributed by atoms with Gasteiger partial charge in [0.15, 0.2) is 0 Å². The number of ether oxygens (including phenoxy) is 2. The summed E-state index contributed by atoms with van der Waals surface area (Å²) in [6, 6.07) is 2.50. The van der Waals surface area contributed by atoms with Gasteiger partial charge < -0.3 is 19.7 Å². The molecule has 8 nitrogen and oxygen atoms in total. The number of carbonyl (C=O) groups is 2. The van der Waals surface area contributed by atoms with E-state index in [0.29, 0.717) is 22.8 Å². The second kappa shape index (κ2) is 7.55. The monoisotopic (exact) mass is 360 g/mol. The number of nitrogens with zero attached hydrogens (tertiary/aromatic N) is 3. The number of hydrogen-bond acceptors (Lipinski definition) is 6. The first-order valence-corrected chi connectivity index (χ1v) is 8.19. The van der Waals surface area contributed by atoms with Gasteiger partial charge in [0.25, 0.3) is 5.91 Å². The first-order valence-electron chi connectivity index (χ1n) is 8.19. The molecule has 0 aromatic heterocycles. The molecule has 1 heterocycles. The highest BCUT2D eigenvalue weighted by Crippen LogP contribution is 2.40. The highest BCUT2D eigenvalue weighted by atomic mass is 16.6. The summed E-state index contributed by atoms with van der Waals surface area (Å²) in [5.74, 6) is 0.152. The topological polar surface area (TPSA) is 92.6 Å². The number of aliphatic imine (C=N–C) groups is 2. The smallest absolute Gasteiger partial charge is 0.408 e. The van der Waals surface area contributed by atoms with Crippen LogP contribution in [0, 0.1) is 0 Å². The molecule has 0 radical (unpaired) electrons. The molecule has 1 aromatic rings. The average molecular weight is 360 g/mol. The minimum Gasteiger partial charge on any atom is -0.489 e. The summed E-state index contributed by atoms with van der Waals surface area (Å²) in [6.45, 7) is 10.6. The van der Waals surface area contributed by atoms with Gasteiger partial charge in [-0.3, -0.25) is 14.8 Å². The van der Waals surface area contributed by atoms with Crippen molar-refractivity contribution in [3.8, 4) is 5.75 Å². The highest BCUT2D eigenvalue weighted by Gasteiger charge is 2.32. The van der Waals surface area contributed by atoms with E-state index in [4.69, 9.17) is 9.47 Å². The van der Waals surface area contributed by atoms with E-state index in [2.05, 4.69) is 22.0 Å². The molecule has 1 aliphatic rings. The fourth-order valence-electron chi connectivity index (χ4n) is 2.44. The standard InChI is InChI=1S/C18H24N4O4/c1-7-20-12-9-15-14(8-11(12)19-5)22(6)16(23)13(10-25-15)21-17(24)26-18(2,3)4/h7-9,13H,5,10H2,1-4,6H3,(H,21,24)/b20-7-/t13-/m0/s1. The van der Waals surface area contributed by atoms with Crippen molar-refractivity contribution in [1.29, 1.82) is 0 Å². The fraction of sp³-hybridized carbons (Fsp3) is 0.444. The Labute approximate surface area is 152 Å². The van der Waals surface area contributed by atoms with E-state index in [-0.39, 0.29) is 12.5 Å². The van der Waals surface area contributed by atoms with Gasteiger partial charge in [-0.15, -0.1) is 0 Å². The first kappa shape index (κ1) is 19.4. The molecule has 8 heteroatoms. The van der Waals surface area contributed by atoms with Crippen LogP contribution in [0.3, 0.4) is 0 Å². The Morgan fingerprint density at radius 1 is 1.42 bits per heavy atom. The number of carbonyl (C=O) groups excluding carboxylic acids is 2. The van der Waals surface area contributed by atoms with Crippen LogP contribution < -0.4 is 15.0 Å². The molecule has 1 aromatic carbocycles. The Morgan fingerprint density at radius 3 is 2.69 bits per heavy atom. The fourth-order valence-corrected chi connectivity index (χ4v) is 2.44. The summed E-state index contributed by atoms with van der Waals surface area (Å²) in [5, 5.41) is 2.56. The molecule has 140 valence electrons. The van der Waals surface area contributed by atoms with E-state index in [1.807, 2.05) is 0 Å². The van der Waals surface area contributed by atoms with Crippen molar-refractivity contribution in [3.05, 3.63) is 12.1 Å². The van der Waals surface area contributed by atoms with Crippen LogP contribution in [0.2, 0.25) is 0 Å². The quantitative estimate of drug-likeness (QED) is 0.839. The lowest BCUT2D eigenvalue weighted by Gasteiger charge is -2.23. The molecule has 0 saturated heterocycles. The summed E-state index contributed by atoms with van der Waals surface area (Å²) in [7, 11) is 1.61. The predicted molar refractivity (Wildman–Crippen MR) is 102 cm³/mol. The van der Waals surface area contributed by atoms with Gasteiger partial charge in [-0.1, -0.05) is 0 Å². The molecule has 26 heavy (non-hydrogen) atoms. The van der Waals surface area contributed by atoms with Crippen molar-refractivity contribution < 1.29 is 19.1 Å². The van der Waals surface area contributed by atoms with E-state index in [1.165, 1.54) is 4.90 Å². The summed E-state index contributed by atoms with van der Waals surface area (Å²) in [6.07, 6.45) is 0.956. The minimum absolute atomic E-state index is 0.0223. The number of fused-ring (bicyclic) bond motifs is 1. The number of anilines is 1. The molecule has 2 amide bonds. The molecular formula is C18H24N4O4. The molecule has 1 aliphatic heterocycles. The van der Waals surface area contributed by atoms with Crippen LogP contribution >= 0.6 is 0 Å². The molecule has 0 fully saturated rings. The molecule has 0 saturated carbocycles. The molecule has 1 N–H and O–H groups in total. The number of nitrogens with one attached hydrogen (secondary N) is 1. The molecule has 0 spiro atoms. The lowest BCUT2D eigenvalue weighted by atomic mass is 10.2. The third kappa shape index (κ3) is 4.38. The number of rotatable bonds is 3. The number of likely N-dealkylation sites (N-methyl/N-ethyl adjacent to an activating group) is 1. The van der Waals surface area contributed by atoms with Gasteiger partial charge in [-0.25, -0.2) is 4.79 Å². The number of hydrogen-bond donors (Lipinski definition) is 1. The second-order valence-electron chi connectivity index (χ2n) is 6.76. The Hall–Kier alpha value is -2.90. The van der Waals surface area contributed by atoms with Gasteiger partial charge >= 0.3 is 6.09 Å². The third-order valence-electron chi connectivity index (χ3n) is 3.58. The van der Waals surface area contributed by atoms with Gasteiger partial charge in [-0.2, -0.15) is 0 Å². The lowest BCUT2D eigenvalue weighted by molar-refractivity contribution is -0.120. The Bertz CT molecular complexity index is 752. The van der Waals surface area contributed by atoms with Gasteiger partial charge in [0.05, 0.1) is 17.1 Å². The molecular weight excluding hydrogens is 336 g/mol. The van der Waals surface area contributed by atoms with Gasteiger partial charge in [-0.05, 0) is 40.5 Å². The second-order valence-corrected chi connectivity index (χ2v) is 6.76. The average Bonchev–Trinajstić information content (AvgIpc) is 2.65. The Morgan fingerprint density at radius 2 is 2.12 bits per heavy atom. The van der Waals surface area contributed by atoms with Crippen molar-refractivity contribution >= 4 is 42.0 Å². The van der Waals surface area contributed by atoms with Crippen LogP contribution in [0.25, 0.3) is 0 Å². The SMILES string of the molecule is C=Nc1cc2c(cc1/N=C\C)OC[C@H](NC(=O)OC(C)(C)C)C(=O)N2C. The van der Waals surface area contributed by atoms with E-state index < -0.39 is 17.7 Å². The van der Waals surface area contributed by atoms with Gasteiger partial charge in [0, 0.05) is 19.3 Å². The van der Waals surface area contributed by atoms with Gasteiger partial charge in [0.2, 0.25) is 0 Å². The summed E-state index contributed by atoms with van der Waals surface area (Å²) in [5.41, 5.74) is 0.982. The summed E-state index contributed by atoms with van der Waals surface area (Å²) < 4.78 is 11.0. The predicted octanol–water partition coefficient (Wildman–Crippen LogP) is 2.99. The number of amides is 2. The van der Waals surface area contributed by atoms with Crippen LogP contribution in [0.1, 0.15) is 27.7 Å². The normalized spacial score (nSPS) is 17.3. The Kier molecular flexibility index (Phi) is 5.64. The maximum atomic E-state index is 12.7. The lowest BCUT2D eigenvalue weighted by Crippen LogP contribution is -2.50. The van der Waals surface area contributed by atoms with Crippen molar-refractivity contribution in [3.63, 3.8) is 0 Å². The largest absolute Gasteiger partial charge is 0.489 e. The molecule has 2 rings (SSSR count). The zero-order chi connectivity index (χ0) is 19.5. The highest BCUT2D eigenvalue weighted by molar-refractivity contribution is 6.01. The Balaban J connectivity index is 2.29. The number of alkyl carbamates (subject to hydrolysis) is 1. The van der Waals surface area contributed by atoms with E-state index in [9.17, 15) is 9.59 Å². The van der Waals surface area contributed by atoms with Crippen LogP contribution in [-0.4, -0.2) is 50.2 Å². The third-order valence-corrected chi connectivity index (χ3v) is 3.58. The zero-order valence-electron chi connectivity index (χ0n) is 15.7. The van der Waals surface area contributed by atoms with E-state index in [0.717, 1.165) is 0 Å². The van der Waals surface area contributed by atoms with Gasteiger partial charge in [0.1, 0.15) is 24.0 Å². The summed E-state index contributed by atoms with van der Waals surface area (Å²) in [4.78, 5) is 34.3. The molecule has 0 aliphatic carbocycles.